The molecular weight excluding hydrogens is 246 g/mol. The fourth-order valence-electron chi connectivity index (χ4n) is 2.79. The van der Waals surface area contributed by atoms with Gasteiger partial charge in [-0.1, -0.05) is 0 Å². The van der Waals surface area contributed by atoms with E-state index in [2.05, 4.69) is 15.0 Å². The molecule has 0 bridgehead atoms. The van der Waals surface area contributed by atoms with Gasteiger partial charge >= 0.3 is 0 Å². The van der Waals surface area contributed by atoms with E-state index in [0.29, 0.717) is 23.4 Å². The fourth-order valence-corrected chi connectivity index (χ4v) is 2.79. The van der Waals surface area contributed by atoms with Gasteiger partial charge in [0.2, 0.25) is 0 Å². The molecule has 1 aliphatic carbocycles. The maximum Gasteiger partial charge on any atom is 0.165 e. The summed E-state index contributed by atoms with van der Waals surface area (Å²) in [6.45, 7) is 0.0354. The van der Waals surface area contributed by atoms with Crippen LogP contribution in [-0.2, 0) is 0 Å². The molecule has 0 spiro atoms. The van der Waals surface area contributed by atoms with E-state index < -0.39 is 6.10 Å². The van der Waals surface area contributed by atoms with Crippen LogP contribution in [0.5, 0.6) is 0 Å². The molecule has 0 saturated heterocycles. The molecular formula is C12H17N5O2. The second kappa shape index (κ2) is 4.75. The quantitative estimate of drug-likeness (QED) is 0.709. The summed E-state index contributed by atoms with van der Waals surface area (Å²) in [5.41, 5.74) is 7.06. The summed E-state index contributed by atoms with van der Waals surface area (Å²) >= 11 is 0. The molecule has 0 radical (unpaired) electrons. The third-order valence-corrected chi connectivity index (χ3v) is 3.94. The fraction of sp³-hybridized carbons (Fsp3) is 0.583. The minimum absolute atomic E-state index is 0.0225. The number of nitrogen functional groups attached to an aromatic ring is 1. The lowest BCUT2D eigenvalue weighted by Gasteiger charge is -2.32. The van der Waals surface area contributed by atoms with Crippen molar-refractivity contribution in [3.8, 4) is 0 Å². The van der Waals surface area contributed by atoms with Crippen molar-refractivity contribution in [1.29, 1.82) is 0 Å². The zero-order chi connectivity index (χ0) is 13.4. The molecule has 2 aromatic rings. The Hall–Kier alpha value is -1.73. The van der Waals surface area contributed by atoms with Crippen molar-refractivity contribution < 1.29 is 10.2 Å². The highest BCUT2D eigenvalue weighted by Gasteiger charge is 2.30. The van der Waals surface area contributed by atoms with Gasteiger partial charge in [0.1, 0.15) is 11.8 Å². The van der Waals surface area contributed by atoms with Crippen molar-refractivity contribution in [2.75, 3.05) is 12.3 Å². The number of aliphatic hydroxyl groups excluding tert-OH is 2. The molecule has 0 unspecified atom stereocenters. The van der Waals surface area contributed by atoms with Crippen molar-refractivity contribution in [2.45, 2.75) is 31.4 Å². The Kier molecular flexibility index (Phi) is 3.08. The summed E-state index contributed by atoms with van der Waals surface area (Å²) in [5, 5.41) is 19.2. The maximum absolute atomic E-state index is 10.0. The number of hydrogen-bond donors (Lipinski definition) is 3. The Bertz CT molecular complexity index is 585. The molecule has 0 aromatic carbocycles. The lowest BCUT2D eigenvalue weighted by molar-refractivity contribution is 0.0189. The first-order chi connectivity index (χ1) is 9.20. The largest absolute Gasteiger partial charge is 0.396 e. The summed E-state index contributed by atoms with van der Waals surface area (Å²) in [7, 11) is 0. The molecule has 102 valence electrons. The average Bonchev–Trinajstić information content (AvgIpc) is 2.84. The number of imidazole rings is 1. The van der Waals surface area contributed by atoms with E-state index in [1.54, 1.807) is 6.33 Å². The van der Waals surface area contributed by atoms with E-state index in [1.165, 1.54) is 6.33 Å². The van der Waals surface area contributed by atoms with Crippen molar-refractivity contribution >= 4 is 17.0 Å². The first-order valence-corrected chi connectivity index (χ1v) is 6.42. The third-order valence-electron chi connectivity index (χ3n) is 3.94. The standard InChI is InChI=1S/C12H17N5O2/c13-11-10-12(15-5-14-11)17(6-16-10)8-2-1-7(4-18)9(19)3-8/h5-9,18-19H,1-4H2,(H2,13,14,15)/t7-,8+,9-/m1/s1. The maximum atomic E-state index is 10.0. The van der Waals surface area contributed by atoms with Crippen LogP contribution in [0.25, 0.3) is 11.2 Å². The van der Waals surface area contributed by atoms with Crippen LogP contribution < -0.4 is 5.73 Å². The van der Waals surface area contributed by atoms with Gasteiger partial charge in [-0.15, -0.1) is 0 Å². The normalized spacial score (nSPS) is 27.8. The first kappa shape index (κ1) is 12.3. The summed E-state index contributed by atoms with van der Waals surface area (Å²) in [5.74, 6) is 0.346. The molecule has 1 fully saturated rings. The van der Waals surface area contributed by atoms with Crippen LogP contribution in [0.2, 0.25) is 0 Å². The lowest BCUT2D eigenvalue weighted by atomic mass is 9.84. The van der Waals surface area contributed by atoms with Crippen LogP contribution in [0, 0.1) is 5.92 Å². The molecule has 0 aliphatic heterocycles. The first-order valence-electron chi connectivity index (χ1n) is 6.42. The van der Waals surface area contributed by atoms with Gasteiger partial charge < -0.3 is 20.5 Å². The Morgan fingerprint density at radius 1 is 1.32 bits per heavy atom. The second-order valence-corrected chi connectivity index (χ2v) is 5.06. The Balaban J connectivity index is 1.91. The van der Waals surface area contributed by atoms with E-state index in [0.717, 1.165) is 12.8 Å². The number of nitrogens with two attached hydrogens (primary N) is 1. The van der Waals surface area contributed by atoms with Gasteiger partial charge in [0.25, 0.3) is 0 Å². The molecule has 1 aliphatic rings. The molecule has 2 heterocycles. The van der Waals surface area contributed by atoms with Crippen LogP contribution in [0.15, 0.2) is 12.7 Å². The Morgan fingerprint density at radius 3 is 2.89 bits per heavy atom. The van der Waals surface area contributed by atoms with Gasteiger partial charge in [0.05, 0.1) is 12.4 Å². The van der Waals surface area contributed by atoms with Crippen LogP contribution in [-0.4, -0.2) is 42.4 Å². The molecule has 7 nitrogen and oxygen atoms in total. The molecule has 0 amide bonds. The van der Waals surface area contributed by atoms with Gasteiger partial charge in [0, 0.05) is 18.6 Å². The van der Waals surface area contributed by atoms with Crippen molar-refractivity contribution in [1.82, 2.24) is 19.5 Å². The number of hydrogen-bond acceptors (Lipinski definition) is 6. The molecule has 7 heteroatoms. The summed E-state index contributed by atoms with van der Waals surface area (Å²) in [6, 6.07) is 0.136. The minimum atomic E-state index is -0.486. The van der Waals surface area contributed by atoms with Gasteiger partial charge in [-0.25, -0.2) is 15.0 Å². The monoisotopic (exact) mass is 263 g/mol. The summed E-state index contributed by atoms with van der Waals surface area (Å²) < 4.78 is 1.95. The van der Waals surface area contributed by atoms with Gasteiger partial charge in [0.15, 0.2) is 11.5 Å². The number of nitrogens with zero attached hydrogens (tertiary/aromatic N) is 4. The second-order valence-electron chi connectivity index (χ2n) is 5.06. The smallest absolute Gasteiger partial charge is 0.165 e. The minimum Gasteiger partial charge on any atom is -0.396 e. The van der Waals surface area contributed by atoms with E-state index in [9.17, 15) is 10.2 Å². The van der Waals surface area contributed by atoms with Crippen LogP contribution >= 0.6 is 0 Å². The van der Waals surface area contributed by atoms with Crippen molar-refractivity contribution in [3.63, 3.8) is 0 Å². The van der Waals surface area contributed by atoms with E-state index in [4.69, 9.17) is 5.73 Å². The summed E-state index contributed by atoms with van der Waals surface area (Å²) in [4.78, 5) is 12.4. The van der Waals surface area contributed by atoms with E-state index in [1.807, 2.05) is 4.57 Å². The Morgan fingerprint density at radius 2 is 2.16 bits per heavy atom. The van der Waals surface area contributed by atoms with Gasteiger partial charge in [-0.3, -0.25) is 0 Å². The molecule has 19 heavy (non-hydrogen) atoms. The van der Waals surface area contributed by atoms with Crippen molar-refractivity contribution in [2.24, 2.45) is 5.92 Å². The highest BCUT2D eigenvalue weighted by Crippen LogP contribution is 2.34. The third kappa shape index (κ3) is 2.04. The number of fused-ring (bicyclic) bond motifs is 1. The molecule has 4 N–H and O–H groups in total. The van der Waals surface area contributed by atoms with E-state index >= 15 is 0 Å². The molecule has 1 saturated carbocycles. The summed E-state index contributed by atoms with van der Waals surface area (Å²) in [6.07, 6.45) is 4.92. The average molecular weight is 263 g/mol. The topological polar surface area (TPSA) is 110 Å². The van der Waals surface area contributed by atoms with Crippen LogP contribution in [0.3, 0.4) is 0 Å². The van der Waals surface area contributed by atoms with Gasteiger partial charge in [-0.05, 0) is 19.3 Å². The Labute approximate surface area is 110 Å². The number of rotatable bonds is 2. The molecule has 2 aromatic heterocycles. The number of aromatic nitrogens is 4. The lowest BCUT2D eigenvalue weighted by Crippen LogP contribution is -2.32. The predicted molar refractivity (Wildman–Crippen MR) is 69.2 cm³/mol. The molecule has 3 atom stereocenters. The predicted octanol–water partition coefficient (Wildman–Crippen LogP) is 0.103. The van der Waals surface area contributed by atoms with Crippen molar-refractivity contribution in [3.05, 3.63) is 12.7 Å². The van der Waals surface area contributed by atoms with E-state index in [-0.39, 0.29) is 18.6 Å². The van der Waals surface area contributed by atoms with Crippen LogP contribution in [0.4, 0.5) is 5.82 Å². The highest BCUT2D eigenvalue weighted by molar-refractivity contribution is 5.81. The van der Waals surface area contributed by atoms with Gasteiger partial charge in [-0.2, -0.15) is 0 Å². The number of anilines is 1. The zero-order valence-corrected chi connectivity index (χ0v) is 10.5. The number of aliphatic hydroxyl groups is 2. The van der Waals surface area contributed by atoms with Crippen LogP contribution in [0.1, 0.15) is 25.3 Å². The highest BCUT2D eigenvalue weighted by atomic mass is 16.3. The molecule has 3 rings (SSSR count). The zero-order valence-electron chi connectivity index (χ0n) is 10.5. The SMILES string of the molecule is Nc1ncnc2c1ncn2[C@H]1CC[C@H](CO)[C@H](O)C1.